The van der Waals surface area contributed by atoms with E-state index in [2.05, 4.69) is 10.6 Å². The molecule has 0 spiro atoms. The summed E-state index contributed by atoms with van der Waals surface area (Å²) in [4.78, 5) is 11.9. The van der Waals surface area contributed by atoms with Crippen molar-refractivity contribution in [3.63, 3.8) is 0 Å². The molecule has 23 heavy (non-hydrogen) atoms. The maximum Gasteiger partial charge on any atom is 0.418 e. The van der Waals surface area contributed by atoms with Crippen molar-refractivity contribution in [2.24, 2.45) is 0 Å². The molecule has 0 fully saturated rings. The lowest BCUT2D eigenvalue weighted by Crippen LogP contribution is -2.37. The van der Waals surface area contributed by atoms with E-state index in [1.54, 1.807) is 6.92 Å². The van der Waals surface area contributed by atoms with E-state index < -0.39 is 17.6 Å². The molecule has 2 atom stereocenters. The summed E-state index contributed by atoms with van der Waals surface area (Å²) in [5, 5.41) is 14.3. The Morgan fingerprint density at radius 3 is 2.48 bits per heavy atom. The predicted molar refractivity (Wildman–Crippen MR) is 83.1 cm³/mol. The van der Waals surface area contributed by atoms with E-state index in [0.29, 0.717) is 6.42 Å². The zero-order valence-corrected chi connectivity index (χ0v) is 13.3. The van der Waals surface area contributed by atoms with Gasteiger partial charge in [0.1, 0.15) is 0 Å². The Morgan fingerprint density at radius 1 is 1.22 bits per heavy atom. The number of anilines is 1. The van der Waals surface area contributed by atoms with Gasteiger partial charge in [0.25, 0.3) is 0 Å². The Morgan fingerprint density at radius 2 is 1.87 bits per heavy atom. The highest BCUT2D eigenvalue weighted by Crippen LogP contribution is 2.34. The maximum absolute atomic E-state index is 12.9. The second-order valence-corrected chi connectivity index (χ2v) is 5.63. The van der Waals surface area contributed by atoms with Crippen LogP contribution in [0.15, 0.2) is 24.3 Å². The van der Waals surface area contributed by atoms with Crippen molar-refractivity contribution in [1.82, 2.24) is 5.32 Å². The van der Waals surface area contributed by atoms with E-state index in [-0.39, 0.29) is 30.8 Å². The van der Waals surface area contributed by atoms with Crippen LogP contribution < -0.4 is 10.6 Å². The topological polar surface area (TPSA) is 61.4 Å². The molecule has 2 unspecified atom stereocenters. The summed E-state index contributed by atoms with van der Waals surface area (Å²) >= 11 is 0. The number of alkyl halides is 3. The second kappa shape index (κ2) is 8.88. The van der Waals surface area contributed by atoms with E-state index in [9.17, 15) is 18.0 Å². The van der Waals surface area contributed by atoms with Crippen molar-refractivity contribution >= 4 is 11.6 Å². The van der Waals surface area contributed by atoms with Gasteiger partial charge in [-0.1, -0.05) is 12.1 Å². The summed E-state index contributed by atoms with van der Waals surface area (Å²) in [7, 11) is 0. The highest BCUT2D eigenvalue weighted by Gasteiger charge is 2.33. The Kier molecular flexibility index (Phi) is 7.51. The first-order valence-electron chi connectivity index (χ1n) is 7.57. The van der Waals surface area contributed by atoms with E-state index in [1.165, 1.54) is 18.2 Å². The van der Waals surface area contributed by atoms with Crippen LogP contribution in [0, 0.1) is 0 Å². The van der Waals surface area contributed by atoms with Crippen molar-refractivity contribution in [2.45, 2.75) is 51.4 Å². The molecule has 7 heteroatoms. The number of halogens is 3. The molecule has 0 aliphatic carbocycles. The lowest BCUT2D eigenvalue weighted by molar-refractivity contribution is -0.137. The normalized spacial score (nSPS) is 14.3. The number of rotatable bonds is 8. The lowest BCUT2D eigenvalue weighted by Gasteiger charge is -2.20. The summed E-state index contributed by atoms with van der Waals surface area (Å²) in [6.45, 7) is 3.84. The number of aliphatic hydroxyl groups is 1. The van der Waals surface area contributed by atoms with E-state index in [1.807, 2.05) is 6.92 Å². The average Bonchev–Trinajstić information content (AvgIpc) is 2.44. The summed E-state index contributed by atoms with van der Waals surface area (Å²) in [6, 6.07) is 4.85. The molecule has 1 aromatic rings. The predicted octanol–water partition coefficient (Wildman–Crippen LogP) is 3.17. The molecule has 0 aromatic heterocycles. The van der Waals surface area contributed by atoms with Crippen LogP contribution in [0.3, 0.4) is 0 Å². The fourth-order valence-corrected chi connectivity index (χ4v) is 2.34. The summed E-state index contributed by atoms with van der Waals surface area (Å²) < 4.78 is 38.6. The van der Waals surface area contributed by atoms with Gasteiger partial charge in [-0.2, -0.15) is 13.2 Å². The molecule has 0 bridgehead atoms. The Balaban J connectivity index is 2.57. The number of para-hydroxylation sites is 1. The van der Waals surface area contributed by atoms with Crippen molar-refractivity contribution in [3.05, 3.63) is 29.8 Å². The summed E-state index contributed by atoms with van der Waals surface area (Å²) in [5.74, 6) is -0.476. The largest absolute Gasteiger partial charge is 0.418 e. The van der Waals surface area contributed by atoms with Crippen molar-refractivity contribution in [2.75, 3.05) is 11.9 Å². The van der Waals surface area contributed by atoms with Gasteiger partial charge < -0.3 is 15.7 Å². The highest BCUT2D eigenvalue weighted by molar-refractivity contribution is 5.92. The molecule has 0 saturated heterocycles. The fourth-order valence-electron chi connectivity index (χ4n) is 2.34. The van der Waals surface area contributed by atoms with Crippen LogP contribution in [0.2, 0.25) is 0 Å². The Bertz CT molecular complexity index is 506. The second-order valence-electron chi connectivity index (χ2n) is 5.63. The van der Waals surface area contributed by atoms with Crippen LogP contribution in [0.25, 0.3) is 0 Å². The van der Waals surface area contributed by atoms with Gasteiger partial charge in [0.2, 0.25) is 5.91 Å². The molecular formula is C16H23F3N2O2. The van der Waals surface area contributed by atoms with Crippen LogP contribution in [-0.2, 0) is 11.0 Å². The number of nitrogens with one attached hydrogen (secondary N) is 2. The van der Waals surface area contributed by atoms with Crippen LogP contribution in [0.5, 0.6) is 0 Å². The zero-order valence-electron chi connectivity index (χ0n) is 13.3. The first-order valence-corrected chi connectivity index (χ1v) is 7.57. The minimum absolute atomic E-state index is 0.0651. The zero-order chi connectivity index (χ0) is 17.5. The average molecular weight is 332 g/mol. The molecule has 0 saturated carbocycles. The number of aliphatic hydroxyl groups excluding tert-OH is 1. The number of hydrogen-bond acceptors (Lipinski definition) is 3. The van der Waals surface area contributed by atoms with Crippen LogP contribution in [0.1, 0.15) is 38.7 Å². The monoisotopic (exact) mass is 332 g/mol. The number of carbonyl (C=O) groups is 1. The molecule has 4 nitrogen and oxygen atoms in total. The summed E-state index contributed by atoms with van der Waals surface area (Å²) in [5.41, 5.74) is -1.09. The molecular weight excluding hydrogens is 309 g/mol. The molecule has 3 N–H and O–H groups in total. The number of amides is 1. The van der Waals surface area contributed by atoms with E-state index in [0.717, 1.165) is 12.5 Å². The van der Waals surface area contributed by atoms with Crippen LogP contribution >= 0.6 is 0 Å². The molecule has 1 aromatic carbocycles. The van der Waals surface area contributed by atoms with Gasteiger partial charge in [-0.25, -0.2) is 0 Å². The molecule has 0 heterocycles. The lowest BCUT2D eigenvalue weighted by atomic mass is 10.1. The van der Waals surface area contributed by atoms with Gasteiger partial charge in [0, 0.05) is 25.1 Å². The van der Waals surface area contributed by atoms with Crippen LogP contribution in [-0.4, -0.2) is 29.7 Å². The Hall–Kier alpha value is -1.60. The van der Waals surface area contributed by atoms with Gasteiger partial charge in [-0.15, -0.1) is 0 Å². The quantitative estimate of drug-likeness (QED) is 0.685. The molecule has 1 rings (SSSR count). The van der Waals surface area contributed by atoms with E-state index in [4.69, 9.17) is 5.11 Å². The van der Waals surface area contributed by atoms with Crippen molar-refractivity contribution in [1.29, 1.82) is 0 Å². The third kappa shape index (κ3) is 7.00. The van der Waals surface area contributed by atoms with Crippen molar-refractivity contribution in [3.8, 4) is 0 Å². The van der Waals surface area contributed by atoms with E-state index >= 15 is 0 Å². The number of benzene rings is 1. The van der Waals surface area contributed by atoms with Gasteiger partial charge in [-0.05, 0) is 38.8 Å². The first kappa shape index (κ1) is 19.4. The number of carbonyl (C=O) groups excluding carboxylic acids is 1. The van der Waals surface area contributed by atoms with Crippen molar-refractivity contribution < 1.29 is 23.1 Å². The van der Waals surface area contributed by atoms with Gasteiger partial charge in [-0.3, -0.25) is 4.79 Å². The highest BCUT2D eigenvalue weighted by atomic mass is 19.4. The van der Waals surface area contributed by atoms with Gasteiger partial charge >= 0.3 is 6.18 Å². The third-order valence-electron chi connectivity index (χ3n) is 3.36. The van der Waals surface area contributed by atoms with Gasteiger partial charge in [0.15, 0.2) is 0 Å². The first-order chi connectivity index (χ1) is 10.7. The maximum atomic E-state index is 12.9. The Labute approximate surface area is 134 Å². The molecule has 0 aliphatic rings. The minimum atomic E-state index is -4.51. The van der Waals surface area contributed by atoms with Crippen LogP contribution in [0.4, 0.5) is 18.9 Å². The smallest absolute Gasteiger partial charge is 0.396 e. The standard InChI is InChI=1S/C16H23F3N2O2/c1-11(6-5-9-22)20-12(2)10-15(23)21-14-8-4-3-7-13(14)16(17,18)19/h3-4,7-8,11-12,20,22H,5-6,9-10H2,1-2H3,(H,21,23). The fraction of sp³-hybridized carbons (Fsp3) is 0.562. The van der Waals surface area contributed by atoms with Gasteiger partial charge in [0.05, 0.1) is 11.3 Å². The summed E-state index contributed by atoms with van der Waals surface area (Å²) in [6.07, 6.45) is -3.02. The molecule has 130 valence electrons. The SMILES string of the molecule is CC(CCCO)NC(C)CC(=O)Nc1ccccc1C(F)(F)F. The minimum Gasteiger partial charge on any atom is -0.396 e. The molecule has 0 aliphatic heterocycles. The molecule has 0 radical (unpaired) electrons. The molecule has 1 amide bonds. The third-order valence-corrected chi connectivity index (χ3v) is 3.36. The number of hydrogen-bond donors (Lipinski definition) is 3.